The lowest BCUT2D eigenvalue weighted by atomic mass is 9.79. The highest BCUT2D eigenvalue weighted by Gasteiger charge is 2.29. The maximum absolute atomic E-state index is 2.47. The van der Waals surface area contributed by atoms with Crippen LogP contribution in [0.3, 0.4) is 0 Å². The van der Waals surface area contributed by atoms with E-state index in [2.05, 4.69) is 171 Å². The van der Waals surface area contributed by atoms with E-state index in [0.29, 0.717) is 0 Å². The van der Waals surface area contributed by atoms with Gasteiger partial charge in [-0.2, -0.15) is 0 Å². The summed E-state index contributed by atoms with van der Waals surface area (Å²) in [6.45, 7) is 8.61. The van der Waals surface area contributed by atoms with E-state index in [4.69, 9.17) is 0 Å². The highest BCUT2D eigenvalue weighted by atomic mass is 15.2. The van der Waals surface area contributed by atoms with Gasteiger partial charge in [-0.25, -0.2) is 0 Å². The maximum Gasteiger partial charge on any atom is 0.0503 e. The second-order valence-electron chi connectivity index (χ2n) is 12.9. The van der Waals surface area contributed by atoms with Gasteiger partial charge in [0, 0.05) is 28.3 Å². The van der Waals surface area contributed by atoms with Crippen LogP contribution in [-0.2, 0) is 6.42 Å². The third-order valence-corrected chi connectivity index (χ3v) is 9.58. The number of allylic oxidation sites excluding steroid dienone is 3. The summed E-state index contributed by atoms with van der Waals surface area (Å²) >= 11 is 0. The quantitative estimate of drug-likeness (QED) is 0.189. The van der Waals surface area contributed by atoms with Gasteiger partial charge in [0.25, 0.3) is 0 Å². The zero-order valence-electron chi connectivity index (χ0n) is 27.0. The fourth-order valence-corrected chi connectivity index (χ4v) is 7.11. The Morgan fingerprint density at radius 1 is 0.435 bits per heavy atom. The van der Waals surface area contributed by atoms with Crippen LogP contribution >= 0.6 is 0 Å². The average Bonchev–Trinajstić information content (AvgIpc) is 3.08. The third kappa shape index (κ3) is 4.82. The molecule has 8 rings (SSSR count). The Balaban J connectivity index is 1.34. The summed E-state index contributed by atoms with van der Waals surface area (Å²) < 4.78 is 0. The first-order chi connectivity index (χ1) is 22.4. The predicted octanol–water partition coefficient (Wildman–Crippen LogP) is 12.1. The van der Waals surface area contributed by atoms with Crippen LogP contribution in [0.5, 0.6) is 0 Å². The van der Waals surface area contributed by atoms with Crippen molar-refractivity contribution in [1.29, 1.82) is 0 Å². The number of hydrogen-bond acceptors (Lipinski definition) is 2. The van der Waals surface area contributed by atoms with Crippen molar-refractivity contribution in [3.8, 4) is 0 Å². The zero-order chi connectivity index (χ0) is 31.4. The number of benzene rings is 6. The number of nitrogens with zero attached hydrogens (tertiary/aromatic N) is 2. The Morgan fingerprint density at radius 2 is 0.891 bits per heavy atom. The molecule has 0 unspecified atom stereocenters. The van der Waals surface area contributed by atoms with Crippen LogP contribution in [0.4, 0.5) is 28.4 Å². The molecule has 46 heavy (non-hydrogen) atoms. The molecule has 2 aliphatic rings. The van der Waals surface area contributed by atoms with E-state index in [1.54, 1.807) is 0 Å². The smallest absolute Gasteiger partial charge is 0.0503 e. The second kappa shape index (κ2) is 11.2. The van der Waals surface area contributed by atoms with Crippen molar-refractivity contribution in [3.63, 3.8) is 0 Å². The Morgan fingerprint density at radius 3 is 1.39 bits per heavy atom. The van der Waals surface area contributed by atoms with Gasteiger partial charge in [-0.3, -0.25) is 0 Å². The maximum atomic E-state index is 2.47. The largest absolute Gasteiger partial charge is 0.310 e. The van der Waals surface area contributed by atoms with Gasteiger partial charge in [0.2, 0.25) is 0 Å². The number of anilines is 5. The van der Waals surface area contributed by atoms with Crippen LogP contribution < -0.4 is 9.80 Å². The normalized spacial score (nSPS) is 13.3. The van der Waals surface area contributed by atoms with Gasteiger partial charge in [-0.05, 0) is 123 Å². The Kier molecular flexibility index (Phi) is 6.87. The molecular formula is C44H38N2. The van der Waals surface area contributed by atoms with Crippen molar-refractivity contribution in [3.05, 3.63) is 172 Å². The Bertz CT molecular complexity index is 2060. The van der Waals surface area contributed by atoms with E-state index in [-0.39, 0.29) is 0 Å². The molecule has 0 heterocycles. The van der Waals surface area contributed by atoms with E-state index in [1.807, 2.05) is 0 Å². The van der Waals surface area contributed by atoms with Crippen LogP contribution in [0, 0.1) is 27.7 Å². The van der Waals surface area contributed by atoms with Crippen LogP contribution in [0.1, 0.15) is 45.4 Å². The molecule has 0 spiro atoms. The Labute approximate surface area is 272 Å². The average molecular weight is 595 g/mol. The molecule has 224 valence electrons. The molecule has 0 N–H and O–H groups in total. The van der Waals surface area contributed by atoms with Gasteiger partial charge < -0.3 is 9.80 Å². The number of aryl methyl sites for hydroxylation is 4. The minimum atomic E-state index is 0.912. The van der Waals surface area contributed by atoms with Crippen LogP contribution in [0.2, 0.25) is 0 Å². The van der Waals surface area contributed by atoms with Crippen LogP contribution in [0.25, 0.3) is 22.0 Å². The topological polar surface area (TPSA) is 6.48 Å². The minimum absolute atomic E-state index is 0.912. The summed E-state index contributed by atoms with van der Waals surface area (Å²) in [7, 11) is 0. The highest BCUT2D eigenvalue weighted by molar-refractivity contribution is 6.08. The van der Waals surface area contributed by atoms with Gasteiger partial charge in [-0.1, -0.05) is 101 Å². The van der Waals surface area contributed by atoms with E-state index >= 15 is 0 Å². The summed E-state index contributed by atoms with van der Waals surface area (Å²) in [5, 5.41) is 2.68. The van der Waals surface area contributed by atoms with E-state index < -0.39 is 0 Å². The molecule has 6 aromatic carbocycles. The highest BCUT2D eigenvalue weighted by Crippen LogP contribution is 2.49. The molecule has 0 aliphatic heterocycles. The Hall–Kier alpha value is -5.34. The summed E-state index contributed by atoms with van der Waals surface area (Å²) in [4.78, 5) is 4.88. The fourth-order valence-electron chi connectivity index (χ4n) is 7.11. The SMILES string of the molecule is Cc1ccc(N(C2=CCC3=CCc4c(N(c5ccc(C)cc5)c5ccc(C)cc5)ccc5ccc2c3c45)c2ccc(C)cc2)cc1. The van der Waals surface area contributed by atoms with Gasteiger partial charge in [0.05, 0.1) is 11.4 Å². The first-order valence-corrected chi connectivity index (χ1v) is 16.3. The molecule has 0 fully saturated rings. The molecule has 2 aliphatic carbocycles. The summed E-state index contributed by atoms with van der Waals surface area (Å²) in [6.07, 6.45) is 6.73. The zero-order valence-corrected chi connectivity index (χ0v) is 27.0. The lowest BCUT2D eigenvalue weighted by Gasteiger charge is -2.35. The van der Waals surface area contributed by atoms with Crippen molar-refractivity contribution in [2.24, 2.45) is 0 Å². The molecule has 0 saturated heterocycles. The molecule has 6 aromatic rings. The van der Waals surface area contributed by atoms with Crippen molar-refractivity contribution < 1.29 is 0 Å². The van der Waals surface area contributed by atoms with Gasteiger partial charge in [0.15, 0.2) is 0 Å². The molecule has 0 bridgehead atoms. The van der Waals surface area contributed by atoms with Gasteiger partial charge in [-0.15, -0.1) is 0 Å². The number of hydrogen-bond donors (Lipinski definition) is 0. The first-order valence-electron chi connectivity index (χ1n) is 16.3. The summed E-state index contributed by atoms with van der Waals surface area (Å²) in [5.41, 5.74) is 17.7. The summed E-state index contributed by atoms with van der Waals surface area (Å²) in [5.74, 6) is 0. The molecule has 0 atom stereocenters. The lowest BCUT2D eigenvalue weighted by molar-refractivity contribution is 1.17. The fraction of sp³-hybridized carbons (Fsp3) is 0.136. The monoisotopic (exact) mass is 594 g/mol. The molecule has 0 radical (unpaired) electrons. The predicted molar refractivity (Wildman–Crippen MR) is 197 cm³/mol. The minimum Gasteiger partial charge on any atom is -0.310 e. The van der Waals surface area contributed by atoms with Crippen molar-refractivity contribution in [2.45, 2.75) is 40.5 Å². The van der Waals surface area contributed by atoms with Gasteiger partial charge in [0.1, 0.15) is 0 Å². The van der Waals surface area contributed by atoms with Crippen molar-refractivity contribution in [2.75, 3.05) is 9.80 Å². The van der Waals surface area contributed by atoms with Crippen molar-refractivity contribution in [1.82, 2.24) is 0 Å². The third-order valence-electron chi connectivity index (χ3n) is 9.58. The molecule has 0 saturated carbocycles. The van der Waals surface area contributed by atoms with E-state index in [1.165, 1.54) is 89.4 Å². The molecule has 2 heteroatoms. The molecule has 2 nitrogen and oxygen atoms in total. The molecule has 0 aromatic heterocycles. The van der Waals surface area contributed by atoms with Crippen LogP contribution in [0.15, 0.2) is 133 Å². The van der Waals surface area contributed by atoms with Crippen molar-refractivity contribution >= 4 is 50.5 Å². The van der Waals surface area contributed by atoms with E-state index in [9.17, 15) is 0 Å². The molecule has 0 amide bonds. The molecular weight excluding hydrogens is 556 g/mol. The standard InChI is InChI=1S/C44H38N2/c1-29-5-17-35(18-6-29)45(36-19-7-30(2)8-20-36)41-27-15-33-14-26-40-42(28-16-34-13-25-39(41)43(33)44(34)40)46(37-21-9-31(3)10-22-37)38-23-11-32(4)12-24-38/h5-15,17-24,26-28H,16,25H2,1-4H3. The van der Waals surface area contributed by atoms with Gasteiger partial charge >= 0.3 is 0 Å². The number of rotatable bonds is 6. The first kappa shape index (κ1) is 28.2. The second-order valence-corrected chi connectivity index (χ2v) is 12.9. The lowest BCUT2D eigenvalue weighted by Crippen LogP contribution is -2.20. The van der Waals surface area contributed by atoms with E-state index in [0.717, 1.165) is 12.8 Å². The summed E-state index contributed by atoms with van der Waals surface area (Å²) in [6, 6.07) is 45.0. The van der Waals surface area contributed by atoms with Crippen LogP contribution in [-0.4, -0.2) is 0 Å².